The van der Waals surface area contributed by atoms with Crippen LogP contribution >= 0.6 is 0 Å². The lowest BCUT2D eigenvalue weighted by Gasteiger charge is -2.04. The number of nitro groups is 1. The number of carboxylic acid groups (broad SMARTS) is 1. The van der Waals surface area contributed by atoms with Crippen LogP contribution < -0.4 is 5.32 Å². The number of benzene rings is 1. The second-order valence-electron chi connectivity index (χ2n) is 3.44. The molecule has 2 N–H and O–H groups in total. The largest absolute Gasteiger partial charge is 0.478 e. The monoisotopic (exact) mass is 250 g/mol. The summed E-state index contributed by atoms with van der Waals surface area (Å²) in [6, 6.07) is 4.31. The van der Waals surface area contributed by atoms with Crippen LogP contribution in [0.3, 0.4) is 0 Å². The first-order valence-corrected chi connectivity index (χ1v) is 4.87. The van der Waals surface area contributed by atoms with E-state index in [0.717, 1.165) is 6.08 Å². The second kappa shape index (κ2) is 5.58. The third kappa shape index (κ3) is 3.71. The molecule has 0 atom stereocenters. The van der Waals surface area contributed by atoms with Crippen molar-refractivity contribution in [1.82, 2.24) is 0 Å². The molecule has 0 saturated heterocycles. The smallest absolute Gasteiger partial charge is 0.328 e. The highest BCUT2D eigenvalue weighted by molar-refractivity contribution is 6.03. The van der Waals surface area contributed by atoms with Crippen LogP contribution in [-0.2, 0) is 9.59 Å². The third-order valence-electron chi connectivity index (χ3n) is 1.99. The van der Waals surface area contributed by atoms with Gasteiger partial charge in [0, 0.05) is 18.2 Å². The predicted molar refractivity (Wildman–Crippen MR) is 63.2 cm³/mol. The van der Waals surface area contributed by atoms with Crippen molar-refractivity contribution in [2.75, 3.05) is 5.32 Å². The summed E-state index contributed by atoms with van der Waals surface area (Å²) in [7, 11) is 0. The van der Waals surface area contributed by atoms with E-state index < -0.39 is 16.8 Å². The fraction of sp³-hybridized carbons (Fsp3) is 0.0909. The van der Waals surface area contributed by atoms with Crippen LogP contribution in [0.4, 0.5) is 11.4 Å². The molecule has 0 radical (unpaired) electrons. The fourth-order valence-electron chi connectivity index (χ4n) is 1.22. The molecule has 1 amide bonds. The molecule has 0 heterocycles. The molecule has 0 aliphatic carbocycles. The Kier molecular flexibility index (Phi) is 4.14. The normalized spacial score (nSPS) is 10.3. The van der Waals surface area contributed by atoms with Crippen molar-refractivity contribution in [1.29, 1.82) is 0 Å². The van der Waals surface area contributed by atoms with Gasteiger partial charge in [-0.1, -0.05) is 6.07 Å². The number of amides is 1. The van der Waals surface area contributed by atoms with Crippen LogP contribution in [0.1, 0.15) is 5.56 Å². The molecule has 7 heteroatoms. The number of carbonyl (C=O) groups is 2. The quantitative estimate of drug-likeness (QED) is 0.477. The average Bonchev–Trinajstić information content (AvgIpc) is 2.28. The number of hydrogen-bond donors (Lipinski definition) is 2. The molecule has 94 valence electrons. The van der Waals surface area contributed by atoms with Crippen LogP contribution in [0, 0.1) is 17.0 Å². The van der Waals surface area contributed by atoms with E-state index in [-0.39, 0.29) is 11.4 Å². The minimum atomic E-state index is -1.27. The maximum atomic E-state index is 11.3. The summed E-state index contributed by atoms with van der Waals surface area (Å²) in [5.74, 6) is -2.02. The maximum Gasteiger partial charge on any atom is 0.328 e. The van der Waals surface area contributed by atoms with Crippen molar-refractivity contribution in [3.63, 3.8) is 0 Å². The zero-order valence-electron chi connectivity index (χ0n) is 9.41. The van der Waals surface area contributed by atoms with Crippen molar-refractivity contribution in [3.05, 3.63) is 46.0 Å². The highest BCUT2D eigenvalue weighted by Gasteiger charge is 2.14. The van der Waals surface area contributed by atoms with Gasteiger partial charge < -0.3 is 10.4 Å². The van der Waals surface area contributed by atoms with Gasteiger partial charge in [-0.15, -0.1) is 0 Å². The fourth-order valence-corrected chi connectivity index (χ4v) is 1.22. The van der Waals surface area contributed by atoms with Crippen molar-refractivity contribution in [3.8, 4) is 0 Å². The Hall–Kier alpha value is -2.70. The molecule has 0 aromatic heterocycles. The average molecular weight is 250 g/mol. The Morgan fingerprint density at radius 3 is 2.61 bits per heavy atom. The summed E-state index contributed by atoms with van der Waals surface area (Å²) in [5.41, 5.74) is 0.457. The zero-order valence-corrected chi connectivity index (χ0v) is 9.41. The van der Waals surface area contributed by atoms with Gasteiger partial charge in [-0.2, -0.15) is 0 Å². The molecule has 0 spiro atoms. The molecule has 1 aromatic carbocycles. The molecule has 1 rings (SSSR count). The van der Waals surface area contributed by atoms with Crippen molar-refractivity contribution >= 4 is 23.3 Å². The summed E-state index contributed by atoms with van der Waals surface area (Å²) in [5, 5.41) is 21.3. The number of carboxylic acids is 1. The van der Waals surface area contributed by atoms with Crippen LogP contribution in [0.5, 0.6) is 0 Å². The molecule has 0 saturated carbocycles. The van der Waals surface area contributed by atoms with E-state index in [0.29, 0.717) is 11.6 Å². The van der Waals surface area contributed by atoms with E-state index in [4.69, 9.17) is 5.11 Å². The van der Waals surface area contributed by atoms with Gasteiger partial charge in [0.2, 0.25) is 5.91 Å². The highest BCUT2D eigenvalue weighted by Crippen LogP contribution is 2.25. The van der Waals surface area contributed by atoms with Crippen LogP contribution in [0.25, 0.3) is 0 Å². The van der Waals surface area contributed by atoms with Crippen LogP contribution in [-0.4, -0.2) is 21.9 Å². The second-order valence-corrected chi connectivity index (χ2v) is 3.44. The molecule has 7 nitrogen and oxygen atoms in total. The van der Waals surface area contributed by atoms with Gasteiger partial charge in [0.15, 0.2) is 0 Å². The van der Waals surface area contributed by atoms with Gasteiger partial charge in [-0.05, 0) is 18.6 Å². The summed E-state index contributed by atoms with van der Waals surface area (Å²) in [4.78, 5) is 31.6. The Bertz CT molecular complexity index is 536. The first kappa shape index (κ1) is 13.4. The molecule has 0 aliphatic rings. The van der Waals surface area contributed by atoms with Gasteiger partial charge in [0.1, 0.15) is 5.69 Å². The molecule has 0 aliphatic heterocycles. The minimum Gasteiger partial charge on any atom is -0.478 e. The van der Waals surface area contributed by atoms with Gasteiger partial charge in [-0.25, -0.2) is 4.79 Å². The number of anilines is 1. The lowest BCUT2D eigenvalue weighted by Crippen LogP contribution is -2.10. The van der Waals surface area contributed by atoms with E-state index in [2.05, 4.69) is 5.32 Å². The number of nitrogens with zero attached hydrogens (tertiary/aromatic N) is 1. The van der Waals surface area contributed by atoms with Crippen molar-refractivity contribution in [2.45, 2.75) is 6.92 Å². The number of nitro benzene ring substituents is 1. The van der Waals surface area contributed by atoms with Gasteiger partial charge in [0.25, 0.3) is 5.69 Å². The number of aryl methyl sites for hydroxylation is 1. The van der Waals surface area contributed by atoms with Crippen LogP contribution in [0.15, 0.2) is 30.4 Å². The summed E-state index contributed by atoms with van der Waals surface area (Å²) in [6.07, 6.45) is 1.43. The summed E-state index contributed by atoms with van der Waals surface area (Å²) < 4.78 is 0. The van der Waals surface area contributed by atoms with E-state index in [9.17, 15) is 19.7 Å². The number of aliphatic carboxylic acids is 1. The molecule has 0 unspecified atom stereocenters. The Balaban J connectivity index is 2.94. The number of hydrogen-bond acceptors (Lipinski definition) is 4. The highest BCUT2D eigenvalue weighted by atomic mass is 16.6. The van der Waals surface area contributed by atoms with Crippen LogP contribution in [0.2, 0.25) is 0 Å². The lowest BCUT2D eigenvalue weighted by atomic mass is 10.2. The summed E-state index contributed by atoms with van der Waals surface area (Å²) >= 11 is 0. The number of nitrogens with one attached hydrogen (secondary N) is 1. The first-order chi connectivity index (χ1) is 8.40. The Morgan fingerprint density at radius 1 is 1.39 bits per heavy atom. The Morgan fingerprint density at radius 2 is 2.06 bits per heavy atom. The molecule has 1 aromatic rings. The van der Waals surface area contributed by atoms with Crippen molar-refractivity contribution < 1.29 is 19.6 Å². The molecular weight excluding hydrogens is 240 g/mol. The standard InChI is InChI=1S/C11H10N2O5/c1-7-2-3-8(9(6-7)13(17)18)12-10(14)4-5-11(15)16/h2-6H,1H3,(H,12,14)(H,15,16)/b5-4+. The Labute approximate surface area is 102 Å². The van der Waals surface area contributed by atoms with Crippen molar-refractivity contribution in [2.24, 2.45) is 0 Å². The number of rotatable bonds is 4. The third-order valence-corrected chi connectivity index (χ3v) is 1.99. The SMILES string of the molecule is Cc1ccc(NC(=O)/C=C/C(=O)O)c([N+](=O)[O-])c1. The van der Waals surface area contributed by atoms with E-state index in [1.807, 2.05) is 0 Å². The minimum absolute atomic E-state index is 0.0191. The zero-order chi connectivity index (χ0) is 13.7. The van der Waals surface area contributed by atoms with E-state index in [1.54, 1.807) is 13.0 Å². The molecule has 0 fully saturated rings. The van der Waals surface area contributed by atoms with Gasteiger partial charge in [0.05, 0.1) is 4.92 Å². The predicted octanol–water partition coefficient (Wildman–Crippen LogP) is 1.48. The molecule has 18 heavy (non-hydrogen) atoms. The topological polar surface area (TPSA) is 110 Å². The van der Waals surface area contributed by atoms with E-state index >= 15 is 0 Å². The molecule has 0 bridgehead atoms. The molecular formula is C11H10N2O5. The first-order valence-electron chi connectivity index (χ1n) is 4.87. The van der Waals surface area contributed by atoms with Gasteiger partial charge >= 0.3 is 5.97 Å². The maximum absolute atomic E-state index is 11.3. The summed E-state index contributed by atoms with van der Waals surface area (Å²) in [6.45, 7) is 1.68. The van der Waals surface area contributed by atoms with E-state index in [1.165, 1.54) is 12.1 Å². The van der Waals surface area contributed by atoms with Gasteiger partial charge in [-0.3, -0.25) is 14.9 Å². The lowest BCUT2D eigenvalue weighted by molar-refractivity contribution is -0.384. The number of carbonyl (C=O) groups excluding carboxylic acids is 1.